The summed E-state index contributed by atoms with van der Waals surface area (Å²) >= 11 is 1.46. The molecule has 0 unspecified atom stereocenters. The number of amides is 1. The van der Waals surface area contributed by atoms with Crippen molar-refractivity contribution in [2.24, 2.45) is 0 Å². The Hall–Kier alpha value is -2.41. The molecule has 0 bridgehead atoms. The third-order valence-corrected chi connectivity index (χ3v) is 4.59. The number of para-hydroxylation sites is 1. The molecule has 124 valence electrons. The molecule has 7 heteroatoms. The second kappa shape index (κ2) is 6.24. The Kier molecular flexibility index (Phi) is 4.28. The van der Waals surface area contributed by atoms with Gasteiger partial charge < -0.3 is 4.90 Å². The molecule has 0 saturated heterocycles. The van der Waals surface area contributed by atoms with E-state index in [1.807, 2.05) is 24.3 Å². The van der Waals surface area contributed by atoms with Crippen molar-refractivity contribution >= 4 is 33.1 Å². The fourth-order valence-corrected chi connectivity index (χ4v) is 3.36. The molecule has 2 aromatic carbocycles. The monoisotopic (exact) mass is 350 g/mol. The smallest absolute Gasteiger partial charge is 0.305 e. The SMILES string of the molecule is CCN(C(=O)C(F)(F)F)c1cccc(-c2nc3ccccc3s2)c1. The van der Waals surface area contributed by atoms with Crippen LogP contribution in [0.15, 0.2) is 48.5 Å². The Morgan fingerprint density at radius 3 is 2.58 bits per heavy atom. The quantitative estimate of drug-likeness (QED) is 0.675. The van der Waals surface area contributed by atoms with Crippen molar-refractivity contribution in [2.45, 2.75) is 13.1 Å². The van der Waals surface area contributed by atoms with Crippen LogP contribution in [0.4, 0.5) is 18.9 Å². The number of benzene rings is 2. The van der Waals surface area contributed by atoms with Crippen molar-refractivity contribution in [1.29, 1.82) is 0 Å². The van der Waals surface area contributed by atoms with E-state index in [4.69, 9.17) is 0 Å². The van der Waals surface area contributed by atoms with Crippen molar-refractivity contribution in [1.82, 2.24) is 4.98 Å². The van der Waals surface area contributed by atoms with E-state index in [2.05, 4.69) is 4.98 Å². The molecular formula is C17H13F3N2OS. The molecule has 3 rings (SSSR count). The normalized spacial score (nSPS) is 11.7. The zero-order chi connectivity index (χ0) is 17.3. The van der Waals surface area contributed by atoms with Crippen LogP contribution in [0.2, 0.25) is 0 Å². The predicted molar refractivity (Wildman–Crippen MR) is 89.1 cm³/mol. The minimum Gasteiger partial charge on any atom is -0.305 e. The topological polar surface area (TPSA) is 33.2 Å². The highest BCUT2D eigenvalue weighted by Crippen LogP contribution is 2.32. The van der Waals surface area contributed by atoms with Gasteiger partial charge >= 0.3 is 12.1 Å². The highest BCUT2D eigenvalue weighted by molar-refractivity contribution is 7.21. The Morgan fingerprint density at radius 1 is 1.17 bits per heavy atom. The van der Waals surface area contributed by atoms with Crippen LogP contribution in [-0.2, 0) is 4.79 Å². The average Bonchev–Trinajstić information content (AvgIpc) is 2.99. The number of rotatable bonds is 3. The number of carbonyl (C=O) groups excluding carboxylic acids is 1. The third-order valence-electron chi connectivity index (χ3n) is 3.50. The number of aromatic nitrogens is 1. The molecule has 0 spiro atoms. The Bertz CT molecular complexity index is 856. The van der Waals surface area contributed by atoms with E-state index in [-0.39, 0.29) is 12.2 Å². The van der Waals surface area contributed by atoms with E-state index in [1.165, 1.54) is 24.3 Å². The molecule has 24 heavy (non-hydrogen) atoms. The molecule has 0 atom stereocenters. The summed E-state index contributed by atoms with van der Waals surface area (Å²) in [6, 6.07) is 14.0. The van der Waals surface area contributed by atoms with E-state index < -0.39 is 12.1 Å². The molecule has 3 nitrogen and oxygen atoms in total. The van der Waals surface area contributed by atoms with Crippen molar-refractivity contribution in [3.63, 3.8) is 0 Å². The van der Waals surface area contributed by atoms with Gasteiger partial charge in [-0.1, -0.05) is 24.3 Å². The number of hydrogen-bond donors (Lipinski definition) is 0. The van der Waals surface area contributed by atoms with E-state index in [1.54, 1.807) is 18.2 Å². The van der Waals surface area contributed by atoms with Gasteiger partial charge in [0.25, 0.3) is 0 Å². The second-order valence-corrected chi connectivity index (χ2v) is 6.11. The van der Waals surface area contributed by atoms with Crippen molar-refractivity contribution in [2.75, 3.05) is 11.4 Å². The molecule has 0 aliphatic rings. The van der Waals surface area contributed by atoms with Gasteiger partial charge in [-0.2, -0.15) is 13.2 Å². The number of anilines is 1. The maximum atomic E-state index is 12.7. The summed E-state index contributed by atoms with van der Waals surface area (Å²) in [5, 5.41) is 0.702. The summed E-state index contributed by atoms with van der Waals surface area (Å²) < 4.78 is 39.2. The largest absolute Gasteiger partial charge is 0.471 e. The standard InChI is InChI=1S/C17H13F3N2OS/c1-2-22(16(23)17(18,19)20)12-7-5-6-11(10-12)15-21-13-8-3-4-9-14(13)24-15/h3-10H,2H2,1H3. The van der Waals surface area contributed by atoms with Gasteiger partial charge in [-0.05, 0) is 31.2 Å². The Labute approximate surface area is 140 Å². The molecule has 0 aliphatic carbocycles. The van der Waals surface area contributed by atoms with Crippen LogP contribution in [0.25, 0.3) is 20.8 Å². The predicted octanol–water partition coefficient (Wildman–Crippen LogP) is 4.88. The van der Waals surface area contributed by atoms with Crippen LogP contribution in [-0.4, -0.2) is 23.6 Å². The summed E-state index contributed by atoms with van der Waals surface area (Å²) in [5.41, 5.74) is 1.72. The Morgan fingerprint density at radius 2 is 1.92 bits per heavy atom. The highest BCUT2D eigenvalue weighted by Gasteiger charge is 2.42. The lowest BCUT2D eigenvalue weighted by Crippen LogP contribution is -2.41. The minimum atomic E-state index is -4.90. The molecule has 0 N–H and O–H groups in total. The first-order valence-electron chi connectivity index (χ1n) is 7.25. The molecule has 0 radical (unpaired) electrons. The minimum absolute atomic E-state index is 0.0678. The van der Waals surface area contributed by atoms with Crippen molar-refractivity contribution in [3.8, 4) is 10.6 Å². The van der Waals surface area contributed by atoms with Gasteiger partial charge in [-0.25, -0.2) is 4.98 Å². The summed E-state index contributed by atoms with van der Waals surface area (Å²) in [7, 11) is 0. The van der Waals surface area contributed by atoms with Gasteiger partial charge in [-0.3, -0.25) is 4.79 Å². The summed E-state index contributed by atoms with van der Waals surface area (Å²) in [6.45, 7) is 1.44. The molecule has 1 amide bonds. The lowest BCUT2D eigenvalue weighted by atomic mass is 10.2. The number of hydrogen-bond acceptors (Lipinski definition) is 3. The fourth-order valence-electron chi connectivity index (χ4n) is 2.40. The van der Waals surface area contributed by atoms with Gasteiger partial charge in [0.1, 0.15) is 5.01 Å². The van der Waals surface area contributed by atoms with E-state index in [0.29, 0.717) is 10.6 Å². The fraction of sp³-hybridized carbons (Fsp3) is 0.176. The van der Waals surface area contributed by atoms with Crippen LogP contribution in [0, 0.1) is 0 Å². The van der Waals surface area contributed by atoms with Crippen molar-refractivity contribution < 1.29 is 18.0 Å². The number of alkyl halides is 3. The Balaban J connectivity index is 2.00. The molecular weight excluding hydrogens is 337 g/mol. The summed E-state index contributed by atoms with van der Waals surface area (Å²) in [6.07, 6.45) is -4.90. The lowest BCUT2D eigenvalue weighted by Gasteiger charge is -2.22. The number of nitrogens with zero attached hydrogens (tertiary/aromatic N) is 2. The third kappa shape index (κ3) is 3.12. The molecule has 0 aliphatic heterocycles. The van der Waals surface area contributed by atoms with Crippen LogP contribution in [0.3, 0.4) is 0 Å². The molecule has 0 fully saturated rings. The molecule has 0 saturated carbocycles. The van der Waals surface area contributed by atoms with E-state index >= 15 is 0 Å². The number of halogens is 3. The van der Waals surface area contributed by atoms with Crippen LogP contribution in [0.5, 0.6) is 0 Å². The number of carbonyl (C=O) groups is 1. The van der Waals surface area contributed by atoms with Crippen LogP contribution in [0.1, 0.15) is 6.92 Å². The van der Waals surface area contributed by atoms with Gasteiger partial charge in [0.15, 0.2) is 0 Å². The van der Waals surface area contributed by atoms with Gasteiger partial charge in [0, 0.05) is 17.8 Å². The van der Waals surface area contributed by atoms with Gasteiger partial charge in [-0.15, -0.1) is 11.3 Å². The highest BCUT2D eigenvalue weighted by atomic mass is 32.1. The lowest BCUT2D eigenvalue weighted by molar-refractivity contribution is -0.170. The zero-order valence-corrected chi connectivity index (χ0v) is 13.5. The summed E-state index contributed by atoms with van der Waals surface area (Å²) in [4.78, 5) is 16.8. The number of fused-ring (bicyclic) bond motifs is 1. The van der Waals surface area contributed by atoms with Gasteiger partial charge in [0.2, 0.25) is 0 Å². The van der Waals surface area contributed by atoms with Crippen molar-refractivity contribution in [3.05, 3.63) is 48.5 Å². The number of thiazole rings is 1. The van der Waals surface area contributed by atoms with Crippen LogP contribution >= 0.6 is 11.3 Å². The molecule has 1 heterocycles. The van der Waals surface area contributed by atoms with E-state index in [9.17, 15) is 18.0 Å². The first-order chi connectivity index (χ1) is 11.4. The maximum Gasteiger partial charge on any atom is 0.471 e. The molecule has 3 aromatic rings. The molecule has 1 aromatic heterocycles. The maximum absolute atomic E-state index is 12.7. The summed E-state index contributed by atoms with van der Waals surface area (Å²) in [5.74, 6) is -1.87. The first kappa shape index (κ1) is 16.4. The van der Waals surface area contributed by atoms with Crippen LogP contribution < -0.4 is 4.90 Å². The zero-order valence-electron chi connectivity index (χ0n) is 12.7. The first-order valence-corrected chi connectivity index (χ1v) is 8.06. The average molecular weight is 350 g/mol. The van der Waals surface area contributed by atoms with E-state index in [0.717, 1.165) is 15.1 Å². The van der Waals surface area contributed by atoms with Gasteiger partial charge in [0.05, 0.1) is 10.2 Å². The second-order valence-electron chi connectivity index (χ2n) is 5.08.